The Bertz CT molecular complexity index is 673. The largest absolute Gasteiger partial charge is 0.384 e. The third-order valence-electron chi connectivity index (χ3n) is 2.99. The number of pyridine rings is 1. The molecule has 1 heterocycles. The van der Waals surface area contributed by atoms with Gasteiger partial charge in [0.2, 0.25) is 0 Å². The van der Waals surface area contributed by atoms with Crippen molar-refractivity contribution in [2.24, 2.45) is 0 Å². The summed E-state index contributed by atoms with van der Waals surface area (Å²) in [5.74, 6) is -0.509. The minimum atomic E-state index is -0.658. The number of hydrogen-bond donors (Lipinski definition) is 2. The third kappa shape index (κ3) is 3.33. The Labute approximate surface area is 121 Å². The van der Waals surface area contributed by atoms with Crippen LogP contribution >= 0.6 is 0 Å². The molecule has 0 spiro atoms. The monoisotopic (exact) mass is 286 g/mol. The molecule has 7 heteroatoms. The SMILES string of the molecule is CC(NC(=O)c1cc(N)ncc1[N+](=O)[O-])c1ccccc1. The van der Waals surface area contributed by atoms with Crippen LogP contribution in [-0.4, -0.2) is 15.8 Å². The Morgan fingerprint density at radius 3 is 2.67 bits per heavy atom. The summed E-state index contributed by atoms with van der Waals surface area (Å²) in [4.78, 5) is 26.1. The summed E-state index contributed by atoms with van der Waals surface area (Å²) in [5, 5.41) is 13.6. The van der Waals surface area contributed by atoms with Crippen molar-refractivity contribution in [2.45, 2.75) is 13.0 Å². The van der Waals surface area contributed by atoms with Gasteiger partial charge in [0, 0.05) is 0 Å². The first-order valence-electron chi connectivity index (χ1n) is 6.24. The highest BCUT2D eigenvalue weighted by Gasteiger charge is 2.22. The number of anilines is 1. The molecule has 0 bridgehead atoms. The van der Waals surface area contributed by atoms with Crippen LogP contribution in [0, 0.1) is 10.1 Å². The van der Waals surface area contributed by atoms with Gasteiger partial charge in [-0.2, -0.15) is 0 Å². The zero-order valence-electron chi connectivity index (χ0n) is 11.3. The molecule has 2 rings (SSSR count). The van der Waals surface area contributed by atoms with Gasteiger partial charge in [0.1, 0.15) is 17.6 Å². The van der Waals surface area contributed by atoms with E-state index in [1.165, 1.54) is 6.07 Å². The fourth-order valence-corrected chi connectivity index (χ4v) is 1.89. The highest BCUT2D eigenvalue weighted by molar-refractivity contribution is 5.98. The van der Waals surface area contributed by atoms with Gasteiger partial charge >= 0.3 is 0 Å². The van der Waals surface area contributed by atoms with Crippen LogP contribution in [-0.2, 0) is 0 Å². The molecule has 108 valence electrons. The Kier molecular flexibility index (Phi) is 4.13. The number of nitrogen functional groups attached to an aromatic ring is 1. The number of nitrogens with one attached hydrogen (secondary N) is 1. The molecule has 0 saturated carbocycles. The van der Waals surface area contributed by atoms with E-state index in [2.05, 4.69) is 10.3 Å². The van der Waals surface area contributed by atoms with E-state index in [9.17, 15) is 14.9 Å². The molecule has 0 aliphatic carbocycles. The number of nitrogens with two attached hydrogens (primary N) is 1. The topological polar surface area (TPSA) is 111 Å². The van der Waals surface area contributed by atoms with Gasteiger partial charge in [0.25, 0.3) is 11.6 Å². The first-order chi connectivity index (χ1) is 9.99. The van der Waals surface area contributed by atoms with Crippen LogP contribution < -0.4 is 11.1 Å². The number of nitro groups is 1. The molecule has 21 heavy (non-hydrogen) atoms. The van der Waals surface area contributed by atoms with Crippen molar-refractivity contribution in [3.8, 4) is 0 Å². The fraction of sp³-hybridized carbons (Fsp3) is 0.143. The second kappa shape index (κ2) is 6.00. The van der Waals surface area contributed by atoms with Gasteiger partial charge in [-0.05, 0) is 18.6 Å². The van der Waals surface area contributed by atoms with Gasteiger partial charge in [-0.15, -0.1) is 0 Å². The highest BCUT2D eigenvalue weighted by Crippen LogP contribution is 2.20. The van der Waals surface area contributed by atoms with E-state index >= 15 is 0 Å². The van der Waals surface area contributed by atoms with E-state index in [-0.39, 0.29) is 23.1 Å². The summed E-state index contributed by atoms with van der Waals surface area (Å²) < 4.78 is 0. The molecule has 1 unspecified atom stereocenters. The van der Waals surface area contributed by atoms with E-state index in [0.717, 1.165) is 11.8 Å². The predicted octanol–water partition coefficient (Wildman–Crippen LogP) is 2.06. The first-order valence-corrected chi connectivity index (χ1v) is 6.24. The van der Waals surface area contributed by atoms with Crippen molar-refractivity contribution in [1.29, 1.82) is 0 Å². The van der Waals surface area contributed by atoms with Crippen LogP contribution in [0.25, 0.3) is 0 Å². The number of hydrogen-bond acceptors (Lipinski definition) is 5. The Morgan fingerprint density at radius 1 is 1.38 bits per heavy atom. The third-order valence-corrected chi connectivity index (χ3v) is 2.99. The van der Waals surface area contributed by atoms with Gasteiger partial charge in [-0.3, -0.25) is 14.9 Å². The Hall–Kier alpha value is -2.96. The van der Waals surface area contributed by atoms with Crippen LogP contribution in [0.5, 0.6) is 0 Å². The maximum atomic E-state index is 12.2. The van der Waals surface area contributed by atoms with Crippen molar-refractivity contribution in [2.75, 3.05) is 5.73 Å². The van der Waals surface area contributed by atoms with E-state index in [0.29, 0.717) is 0 Å². The second-order valence-electron chi connectivity index (χ2n) is 4.49. The number of carbonyl (C=O) groups is 1. The Morgan fingerprint density at radius 2 is 2.05 bits per heavy atom. The van der Waals surface area contributed by atoms with Crippen molar-refractivity contribution in [3.63, 3.8) is 0 Å². The molecule has 1 aromatic heterocycles. The molecule has 3 N–H and O–H groups in total. The molecule has 2 aromatic rings. The first kappa shape index (κ1) is 14.4. The molecule has 0 aliphatic heterocycles. The Balaban J connectivity index is 2.25. The quantitative estimate of drug-likeness (QED) is 0.660. The molecule has 0 aliphatic rings. The molecular weight excluding hydrogens is 272 g/mol. The van der Waals surface area contributed by atoms with Crippen molar-refractivity contribution < 1.29 is 9.72 Å². The van der Waals surface area contributed by atoms with Gasteiger partial charge in [-0.25, -0.2) is 4.98 Å². The van der Waals surface area contributed by atoms with E-state index in [1.807, 2.05) is 30.3 Å². The lowest BCUT2D eigenvalue weighted by atomic mass is 10.1. The molecule has 0 saturated heterocycles. The lowest BCUT2D eigenvalue weighted by Crippen LogP contribution is -2.27. The number of aromatic nitrogens is 1. The zero-order chi connectivity index (χ0) is 15.4. The standard InChI is InChI=1S/C14H14N4O3/c1-9(10-5-3-2-4-6-10)17-14(19)11-7-13(15)16-8-12(11)18(20)21/h2-9H,1H3,(H2,15,16)(H,17,19). The van der Waals surface area contributed by atoms with Crippen LogP contribution in [0.4, 0.5) is 11.5 Å². The number of carbonyl (C=O) groups excluding carboxylic acids is 1. The summed E-state index contributed by atoms with van der Waals surface area (Å²) in [6.45, 7) is 1.80. The van der Waals surface area contributed by atoms with Crippen LogP contribution in [0.1, 0.15) is 28.9 Å². The molecule has 0 fully saturated rings. The van der Waals surface area contributed by atoms with Gasteiger partial charge < -0.3 is 11.1 Å². The average molecular weight is 286 g/mol. The minimum absolute atomic E-state index is 0.0538. The number of nitrogens with zero attached hydrogens (tertiary/aromatic N) is 2. The summed E-state index contributed by atoms with van der Waals surface area (Å²) in [7, 11) is 0. The maximum absolute atomic E-state index is 12.2. The van der Waals surface area contributed by atoms with Crippen molar-refractivity contribution in [3.05, 3.63) is 63.8 Å². The van der Waals surface area contributed by atoms with E-state index < -0.39 is 10.8 Å². The van der Waals surface area contributed by atoms with Crippen molar-refractivity contribution in [1.82, 2.24) is 10.3 Å². The summed E-state index contributed by atoms with van der Waals surface area (Å²) in [6.07, 6.45) is 0.984. The summed E-state index contributed by atoms with van der Waals surface area (Å²) in [5.41, 5.74) is 5.92. The smallest absolute Gasteiger partial charge is 0.300 e. The van der Waals surface area contributed by atoms with Gasteiger partial charge in [-0.1, -0.05) is 30.3 Å². The average Bonchev–Trinajstić information content (AvgIpc) is 2.47. The van der Waals surface area contributed by atoms with E-state index in [4.69, 9.17) is 5.73 Å². The normalized spacial score (nSPS) is 11.7. The van der Waals surface area contributed by atoms with Gasteiger partial charge in [0.05, 0.1) is 11.0 Å². The zero-order valence-corrected chi connectivity index (χ0v) is 11.3. The highest BCUT2D eigenvalue weighted by atomic mass is 16.6. The lowest BCUT2D eigenvalue weighted by molar-refractivity contribution is -0.385. The number of benzene rings is 1. The van der Waals surface area contributed by atoms with Gasteiger partial charge in [0.15, 0.2) is 0 Å². The molecule has 0 radical (unpaired) electrons. The molecule has 1 amide bonds. The van der Waals surface area contributed by atoms with Crippen molar-refractivity contribution >= 4 is 17.4 Å². The molecule has 1 aromatic carbocycles. The van der Waals surface area contributed by atoms with Crippen LogP contribution in [0.15, 0.2) is 42.6 Å². The maximum Gasteiger partial charge on any atom is 0.300 e. The second-order valence-corrected chi connectivity index (χ2v) is 4.49. The minimum Gasteiger partial charge on any atom is -0.384 e. The number of amides is 1. The van der Waals surface area contributed by atoms with Crippen LogP contribution in [0.3, 0.4) is 0 Å². The molecule has 1 atom stereocenters. The predicted molar refractivity (Wildman–Crippen MR) is 77.6 cm³/mol. The summed E-state index contributed by atoms with van der Waals surface area (Å²) >= 11 is 0. The number of rotatable bonds is 4. The lowest BCUT2D eigenvalue weighted by Gasteiger charge is -2.14. The van der Waals surface area contributed by atoms with Crippen LogP contribution in [0.2, 0.25) is 0 Å². The fourth-order valence-electron chi connectivity index (χ4n) is 1.89. The summed E-state index contributed by atoms with van der Waals surface area (Å²) in [6, 6.07) is 10.2. The molecule has 7 nitrogen and oxygen atoms in total. The molecular formula is C14H14N4O3. The van der Waals surface area contributed by atoms with E-state index in [1.54, 1.807) is 6.92 Å².